The maximum atomic E-state index is 13.3. The minimum atomic E-state index is -0.293. The highest BCUT2D eigenvalue weighted by atomic mass is 32.2. The molecule has 0 N–H and O–H groups in total. The summed E-state index contributed by atoms with van der Waals surface area (Å²) in [4.78, 5) is 15.2. The first-order valence-corrected chi connectivity index (χ1v) is 12.6. The van der Waals surface area contributed by atoms with Crippen LogP contribution < -0.4 is 9.47 Å². The first kappa shape index (κ1) is 24.1. The van der Waals surface area contributed by atoms with Crippen molar-refractivity contribution in [2.75, 3.05) is 21.3 Å². The maximum absolute atomic E-state index is 13.3. The molecule has 4 rings (SSSR count). The molecule has 1 aromatic heterocycles. The molecule has 0 aliphatic heterocycles. The molecule has 1 fully saturated rings. The minimum absolute atomic E-state index is 0.125. The molecule has 0 radical (unpaired) electrons. The number of methoxy groups -OCH3 is 2. The topological polar surface area (TPSA) is 69.5 Å². The van der Waals surface area contributed by atoms with Crippen LogP contribution in [0.1, 0.15) is 39.0 Å². The van der Waals surface area contributed by atoms with Crippen molar-refractivity contribution in [1.82, 2.24) is 19.7 Å². The van der Waals surface area contributed by atoms with Gasteiger partial charge in [-0.05, 0) is 56.2 Å². The fourth-order valence-corrected chi connectivity index (χ4v) is 5.43. The van der Waals surface area contributed by atoms with Crippen LogP contribution in [0.5, 0.6) is 11.5 Å². The summed E-state index contributed by atoms with van der Waals surface area (Å²) in [6, 6.07) is 15.8. The molecule has 180 valence electrons. The summed E-state index contributed by atoms with van der Waals surface area (Å²) in [6.45, 7) is 1.95. The van der Waals surface area contributed by atoms with Crippen LogP contribution in [0, 0.1) is 0 Å². The SMILES string of the molecule is COc1ccc(-n2c(S[C@@H](C)C(=O)N(C)C3CCCCC3)nnc2-c2ccccc2OC)cc1. The van der Waals surface area contributed by atoms with Gasteiger partial charge in [0.05, 0.1) is 30.7 Å². The van der Waals surface area contributed by atoms with Gasteiger partial charge in [0.25, 0.3) is 0 Å². The van der Waals surface area contributed by atoms with Gasteiger partial charge in [-0.2, -0.15) is 0 Å². The van der Waals surface area contributed by atoms with Crippen molar-refractivity contribution < 1.29 is 14.3 Å². The summed E-state index contributed by atoms with van der Waals surface area (Å²) < 4.78 is 12.9. The largest absolute Gasteiger partial charge is 0.497 e. The van der Waals surface area contributed by atoms with Gasteiger partial charge in [-0.15, -0.1) is 10.2 Å². The van der Waals surface area contributed by atoms with Crippen LogP contribution in [0.4, 0.5) is 0 Å². The van der Waals surface area contributed by atoms with E-state index in [-0.39, 0.29) is 11.2 Å². The standard InChI is InChI=1S/C26H32N4O3S/c1-18(25(31)29(2)19-10-6-5-7-11-19)34-26-28-27-24(22-12-8-9-13-23(22)33-4)30(26)20-14-16-21(32-3)17-15-20/h8-9,12-19H,5-7,10-11H2,1-4H3/t18-/m0/s1. The molecule has 7 nitrogen and oxygen atoms in total. The van der Waals surface area contributed by atoms with E-state index in [1.165, 1.54) is 31.0 Å². The predicted molar refractivity (Wildman–Crippen MR) is 135 cm³/mol. The van der Waals surface area contributed by atoms with Crippen LogP contribution in [0.25, 0.3) is 17.1 Å². The number of hydrogen-bond acceptors (Lipinski definition) is 6. The molecule has 1 saturated carbocycles. The van der Waals surface area contributed by atoms with Crippen LogP contribution in [0.3, 0.4) is 0 Å². The Morgan fingerprint density at radius 2 is 1.74 bits per heavy atom. The Hall–Kier alpha value is -3.00. The fraction of sp³-hybridized carbons (Fsp3) is 0.423. The van der Waals surface area contributed by atoms with E-state index < -0.39 is 0 Å². The zero-order valence-electron chi connectivity index (χ0n) is 20.2. The van der Waals surface area contributed by atoms with Crippen LogP contribution in [-0.4, -0.2) is 58.1 Å². The second-order valence-electron chi connectivity index (χ2n) is 8.54. The average molecular weight is 481 g/mol. The molecule has 1 aliphatic carbocycles. The minimum Gasteiger partial charge on any atom is -0.497 e. The summed E-state index contributed by atoms with van der Waals surface area (Å²) in [6.07, 6.45) is 5.81. The van der Waals surface area contributed by atoms with E-state index in [1.807, 2.05) is 72.0 Å². The molecular formula is C26H32N4O3S. The van der Waals surface area contributed by atoms with Crippen molar-refractivity contribution in [3.8, 4) is 28.6 Å². The number of carbonyl (C=O) groups excluding carboxylic acids is 1. The number of carbonyl (C=O) groups is 1. The highest BCUT2D eigenvalue weighted by Gasteiger charge is 2.28. The van der Waals surface area contributed by atoms with Crippen LogP contribution >= 0.6 is 11.8 Å². The molecule has 1 atom stereocenters. The van der Waals surface area contributed by atoms with Gasteiger partial charge in [0.1, 0.15) is 11.5 Å². The van der Waals surface area contributed by atoms with Crippen molar-refractivity contribution in [1.29, 1.82) is 0 Å². The van der Waals surface area contributed by atoms with Gasteiger partial charge < -0.3 is 14.4 Å². The van der Waals surface area contributed by atoms with Crippen LogP contribution in [-0.2, 0) is 4.79 Å². The number of rotatable bonds is 8. The smallest absolute Gasteiger partial charge is 0.235 e. The van der Waals surface area contributed by atoms with E-state index >= 15 is 0 Å². The molecule has 1 heterocycles. The number of nitrogens with zero attached hydrogens (tertiary/aromatic N) is 4. The molecule has 34 heavy (non-hydrogen) atoms. The van der Waals surface area contributed by atoms with Gasteiger partial charge >= 0.3 is 0 Å². The van der Waals surface area contributed by atoms with Crippen molar-refractivity contribution in [3.63, 3.8) is 0 Å². The van der Waals surface area contributed by atoms with Crippen LogP contribution in [0.2, 0.25) is 0 Å². The normalized spacial score (nSPS) is 15.1. The molecule has 1 aliphatic rings. The Kier molecular flexibility index (Phi) is 7.77. The Bertz CT molecular complexity index is 1110. The van der Waals surface area contributed by atoms with Gasteiger partial charge in [-0.3, -0.25) is 9.36 Å². The Labute approximate surface area is 205 Å². The second-order valence-corrected chi connectivity index (χ2v) is 9.85. The highest BCUT2D eigenvalue weighted by molar-refractivity contribution is 8.00. The summed E-state index contributed by atoms with van der Waals surface area (Å²) >= 11 is 1.43. The van der Waals surface area contributed by atoms with Crippen molar-refractivity contribution in [2.24, 2.45) is 0 Å². The molecule has 1 amide bonds. The lowest BCUT2D eigenvalue weighted by Crippen LogP contribution is -2.42. The van der Waals surface area contributed by atoms with E-state index in [0.29, 0.717) is 22.8 Å². The van der Waals surface area contributed by atoms with E-state index in [1.54, 1.807) is 14.2 Å². The number of benzene rings is 2. The summed E-state index contributed by atoms with van der Waals surface area (Å²) in [5.74, 6) is 2.26. The van der Waals surface area contributed by atoms with Crippen LogP contribution in [0.15, 0.2) is 53.7 Å². The maximum Gasteiger partial charge on any atom is 0.235 e. The molecule has 2 aromatic carbocycles. The highest BCUT2D eigenvalue weighted by Crippen LogP contribution is 2.35. The van der Waals surface area contributed by atoms with Crippen molar-refractivity contribution in [2.45, 2.75) is 55.5 Å². The van der Waals surface area contributed by atoms with Crippen molar-refractivity contribution in [3.05, 3.63) is 48.5 Å². The monoisotopic (exact) mass is 480 g/mol. The number of amides is 1. The Morgan fingerprint density at radius 1 is 1.03 bits per heavy atom. The fourth-order valence-electron chi connectivity index (χ4n) is 4.46. The lowest BCUT2D eigenvalue weighted by molar-refractivity contribution is -0.131. The first-order chi connectivity index (χ1) is 16.5. The number of thioether (sulfide) groups is 1. The van der Waals surface area contributed by atoms with E-state index in [9.17, 15) is 4.79 Å². The molecule has 0 saturated heterocycles. The number of para-hydroxylation sites is 1. The third kappa shape index (κ3) is 5.06. The van der Waals surface area contributed by atoms with E-state index in [4.69, 9.17) is 9.47 Å². The lowest BCUT2D eigenvalue weighted by Gasteiger charge is -2.32. The van der Waals surface area contributed by atoms with Gasteiger partial charge in [-0.25, -0.2) is 0 Å². The first-order valence-electron chi connectivity index (χ1n) is 11.7. The summed E-state index contributed by atoms with van der Waals surface area (Å²) in [5, 5.41) is 9.38. The molecule has 8 heteroatoms. The Balaban J connectivity index is 1.68. The zero-order chi connectivity index (χ0) is 24.1. The molecule has 0 unspecified atom stereocenters. The average Bonchev–Trinajstić information content (AvgIpc) is 3.31. The van der Waals surface area contributed by atoms with Gasteiger partial charge in [0.15, 0.2) is 11.0 Å². The summed E-state index contributed by atoms with van der Waals surface area (Å²) in [5.41, 5.74) is 1.72. The van der Waals surface area contributed by atoms with Gasteiger partial charge in [0, 0.05) is 13.1 Å². The third-order valence-corrected chi connectivity index (χ3v) is 7.44. The quantitative estimate of drug-likeness (QED) is 0.412. The van der Waals surface area contributed by atoms with Gasteiger partial charge in [0.2, 0.25) is 5.91 Å². The molecule has 3 aromatic rings. The Morgan fingerprint density at radius 3 is 2.41 bits per heavy atom. The number of hydrogen-bond donors (Lipinski definition) is 0. The number of aromatic nitrogens is 3. The second kappa shape index (κ2) is 11.0. The predicted octanol–water partition coefficient (Wildman–Crippen LogP) is 5.22. The van der Waals surface area contributed by atoms with E-state index in [0.717, 1.165) is 29.8 Å². The molecular weight excluding hydrogens is 448 g/mol. The zero-order valence-corrected chi connectivity index (χ0v) is 21.0. The lowest BCUT2D eigenvalue weighted by atomic mass is 9.94. The van der Waals surface area contributed by atoms with E-state index in [2.05, 4.69) is 10.2 Å². The van der Waals surface area contributed by atoms with Crippen molar-refractivity contribution >= 4 is 17.7 Å². The number of ether oxygens (including phenoxy) is 2. The molecule has 0 bridgehead atoms. The third-order valence-electron chi connectivity index (χ3n) is 6.41. The summed E-state index contributed by atoms with van der Waals surface area (Å²) in [7, 11) is 5.22. The molecule has 0 spiro atoms. The van der Waals surface area contributed by atoms with Gasteiger partial charge in [-0.1, -0.05) is 43.2 Å².